The fourth-order valence-electron chi connectivity index (χ4n) is 4.31. The van der Waals surface area contributed by atoms with Crippen molar-refractivity contribution in [3.8, 4) is 17.1 Å². The van der Waals surface area contributed by atoms with E-state index in [0.29, 0.717) is 31.0 Å². The number of rotatable bonds is 12. The molecule has 11 nitrogen and oxygen atoms in total. The number of para-hydroxylation sites is 1. The van der Waals surface area contributed by atoms with Gasteiger partial charge in [-0.1, -0.05) is 31.0 Å². The average molecular weight is 526 g/mol. The summed E-state index contributed by atoms with van der Waals surface area (Å²) in [5, 5.41) is 4.00. The van der Waals surface area contributed by atoms with Crippen molar-refractivity contribution in [2.75, 3.05) is 7.11 Å². The molecule has 0 aliphatic carbocycles. The van der Waals surface area contributed by atoms with Crippen molar-refractivity contribution in [1.29, 1.82) is 0 Å². The van der Waals surface area contributed by atoms with Gasteiger partial charge in [0.2, 0.25) is 11.7 Å². The standard InChI is InChI=1S/C28H27N7O4/c1-38-27-19(15-18-7-5-6-8-20(18)35-27)23-16-31-25(33-23)21(34-26(37)22-11-12-29-17-32-22)9-3-2-4-10-24(36)28-30-13-14-39-28/h5-8,11-17,21H,2-4,9-10H2,1H3,(H,31,33)(H,34,37)/t21-/m0/s1. The molecule has 1 atom stereocenters. The van der Waals surface area contributed by atoms with Crippen molar-refractivity contribution >= 4 is 22.6 Å². The lowest BCUT2D eigenvalue weighted by Crippen LogP contribution is -2.30. The molecule has 0 aliphatic heterocycles. The van der Waals surface area contributed by atoms with Gasteiger partial charge in [0.05, 0.1) is 42.3 Å². The number of H-pyrrole nitrogens is 1. The van der Waals surface area contributed by atoms with Crippen molar-refractivity contribution in [2.45, 2.75) is 38.1 Å². The Morgan fingerprint density at radius 3 is 2.77 bits per heavy atom. The van der Waals surface area contributed by atoms with Crippen molar-refractivity contribution in [2.24, 2.45) is 0 Å². The first kappa shape index (κ1) is 25.7. The van der Waals surface area contributed by atoms with Crippen LogP contribution in [0.5, 0.6) is 5.88 Å². The van der Waals surface area contributed by atoms with Crippen LogP contribution in [0, 0.1) is 0 Å². The predicted molar refractivity (Wildman–Crippen MR) is 142 cm³/mol. The number of aromatic amines is 1. The molecule has 1 amide bonds. The Labute approximate surface area is 224 Å². The number of unbranched alkanes of at least 4 members (excludes halogenated alkanes) is 2. The number of ether oxygens (including phenoxy) is 1. The quantitative estimate of drug-likeness (QED) is 0.174. The summed E-state index contributed by atoms with van der Waals surface area (Å²) in [5.74, 6) is 0.748. The molecule has 5 aromatic rings. The van der Waals surface area contributed by atoms with Gasteiger partial charge < -0.3 is 19.5 Å². The number of carbonyl (C=O) groups excluding carboxylic acids is 2. The zero-order valence-electron chi connectivity index (χ0n) is 21.3. The van der Waals surface area contributed by atoms with Crippen LogP contribution in [0.4, 0.5) is 0 Å². The van der Waals surface area contributed by atoms with Crippen molar-refractivity contribution in [3.63, 3.8) is 0 Å². The number of oxazole rings is 1. The minimum absolute atomic E-state index is 0.123. The summed E-state index contributed by atoms with van der Waals surface area (Å²) in [6, 6.07) is 10.9. The van der Waals surface area contributed by atoms with Crippen LogP contribution in [0.1, 0.15) is 65.1 Å². The fourth-order valence-corrected chi connectivity index (χ4v) is 4.31. The topological polar surface area (TPSA) is 149 Å². The van der Waals surface area contributed by atoms with Gasteiger partial charge in [0.1, 0.15) is 24.1 Å². The second-order valence-electron chi connectivity index (χ2n) is 8.90. The molecular formula is C28H27N7O4. The number of ketones is 1. The van der Waals surface area contributed by atoms with E-state index in [1.165, 1.54) is 25.0 Å². The number of aromatic nitrogens is 6. The number of pyridine rings is 1. The van der Waals surface area contributed by atoms with Gasteiger partial charge in [-0.05, 0) is 31.0 Å². The van der Waals surface area contributed by atoms with E-state index in [1.54, 1.807) is 19.4 Å². The smallest absolute Gasteiger partial charge is 0.270 e. The summed E-state index contributed by atoms with van der Waals surface area (Å²) in [6.45, 7) is 0. The number of methoxy groups -OCH3 is 1. The minimum atomic E-state index is -0.414. The van der Waals surface area contributed by atoms with Gasteiger partial charge >= 0.3 is 0 Å². The maximum atomic E-state index is 12.9. The molecule has 0 spiro atoms. The lowest BCUT2D eigenvalue weighted by Gasteiger charge is -2.17. The Morgan fingerprint density at radius 1 is 1.08 bits per heavy atom. The number of imidazole rings is 1. The van der Waals surface area contributed by atoms with Gasteiger partial charge in [-0.3, -0.25) is 9.59 Å². The van der Waals surface area contributed by atoms with Gasteiger partial charge in [-0.15, -0.1) is 0 Å². The summed E-state index contributed by atoms with van der Waals surface area (Å²) in [6.07, 6.45) is 10.6. The number of hydrogen-bond acceptors (Lipinski definition) is 9. The summed E-state index contributed by atoms with van der Waals surface area (Å²) in [4.78, 5) is 49.5. The molecule has 39 heavy (non-hydrogen) atoms. The number of amides is 1. The van der Waals surface area contributed by atoms with Gasteiger partial charge in [0, 0.05) is 18.0 Å². The summed E-state index contributed by atoms with van der Waals surface area (Å²) in [5.41, 5.74) is 2.58. The van der Waals surface area contributed by atoms with Gasteiger partial charge in [0.25, 0.3) is 11.8 Å². The van der Waals surface area contributed by atoms with E-state index in [4.69, 9.17) is 9.15 Å². The Balaban J connectivity index is 1.32. The molecule has 4 heterocycles. The molecule has 11 heteroatoms. The van der Waals surface area contributed by atoms with Crippen LogP contribution in [0.25, 0.3) is 22.2 Å². The first-order valence-electron chi connectivity index (χ1n) is 12.6. The molecule has 4 aromatic heterocycles. The Hall–Kier alpha value is -4.93. The zero-order chi connectivity index (χ0) is 27.0. The summed E-state index contributed by atoms with van der Waals surface area (Å²) < 4.78 is 10.6. The summed E-state index contributed by atoms with van der Waals surface area (Å²) in [7, 11) is 1.58. The third-order valence-corrected chi connectivity index (χ3v) is 6.29. The van der Waals surface area contributed by atoms with Crippen molar-refractivity contribution in [3.05, 3.63) is 85.0 Å². The Morgan fingerprint density at radius 2 is 1.97 bits per heavy atom. The average Bonchev–Trinajstić information content (AvgIpc) is 3.69. The first-order valence-corrected chi connectivity index (χ1v) is 12.6. The highest BCUT2D eigenvalue weighted by Gasteiger charge is 2.21. The molecule has 1 aromatic carbocycles. The van der Waals surface area contributed by atoms with Crippen molar-refractivity contribution in [1.82, 2.24) is 35.2 Å². The predicted octanol–water partition coefficient (Wildman–Crippen LogP) is 4.72. The Kier molecular flexibility index (Phi) is 7.96. The monoisotopic (exact) mass is 525 g/mol. The molecule has 5 rings (SSSR count). The highest BCUT2D eigenvalue weighted by molar-refractivity contribution is 5.92. The maximum Gasteiger partial charge on any atom is 0.270 e. The number of nitrogens with one attached hydrogen (secondary N) is 2. The lowest BCUT2D eigenvalue weighted by atomic mass is 10.0. The molecule has 0 aliphatic rings. The van der Waals surface area contributed by atoms with Gasteiger partial charge in [0.15, 0.2) is 0 Å². The minimum Gasteiger partial charge on any atom is -0.480 e. The SMILES string of the molecule is COc1nc2ccccc2cc1-c1cnc([C@H](CCCCCC(=O)c2ncco2)NC(=O)c2ccncn2)[nH]1. The molecular weight excluding hydrogens is 498 g/mol. The lowest BCUT2D eigenvalue weighted by molar-refractivity contribution is 0.0926. The number of fused-ring (bicyclic) bond motifs is 1. The van der Waals surface area contributed by atoms with E-state index >= 15 is 0 Å². The van der Waals surface area contributed by atoms with Crippen LogP contribution in [-0.4, -0.2) is 48.7 Å². The van der Waals surface area contributed by atoms with Crippen LogP contribution in [0.2, 0.25) is 0 Å². The largest absolute Gasteiger partial charge is 0.480 e. The number of carbonyl (C=O) groups is 2. The van der Waals surface area contributed by atoms with E-state index in [9.17, 15) is 9.59 Å². The Bertz CT molecular complexity index is 1550. The van der Waals surface area contributed by atoms with Crippen LogP contribution in [0.15, 0.2) is 72.0 Å². The van der Waals surface area contributed by atoms with E-state index in [-0.39, 0.29) is 23.3 Å². The third kappa shape index (κ3) is 6.15. The third-order valence-electron chi connectivity index (χ3n) is 6.29. The number of benzene rings is 1. The molecule has 0 radical (unpaired) electrons. The molecule has 0 bridgehead atoms. The molecule has 0 saturated heterocycles. The van der Waals surface area contributed by atoms with Gasteiger partial charge in [-0.2, -0.15) is 0 Å². The number of Topliss-reactive ketones (excluding diaryl/α,β-unsaturated/α-hetero) is 1. The van der Waals surface area contributed by atoms with E-state index < -0.39 is 6.04 Å². The van der Waals surface area contributed by atoms with Crippen LogP contribution < -0.4 is 10.1 Å². The zero-order valence-corrected chi connectivity index (χ0v) is 21.3. The van der Waals surface area contributed by atoms with E-state index in [2.05, 4.69) is 35.2 Å². The fraction of sp³-hybridized carbons (Fsp3) is 0.250. The van der Waals surface area contributed by atoms with Crippen LogP contribution in [-0.2, 0) is 0 Å². The maximum absolute atomic E-state index is 12.9. The number of hydrogen-bond donors (Lipinski definition) is 2. The number of nitrogens with zero attached hydrogens (tertiary/aromatic N) is 5. The van der Waals surface area contributed by atoms with Crippen LogP contribution >= 0.6 is 0 Å². The second kappa shape index (κ2) is 12.1. The second-order valence-corrected chi connectivity index (χ2v) is 8.90. The summed E-state index contributed by atoms with van der Waals surface area (Å²) >= 11 is 0. The first-order chi connectivity index (χ1) is 19.1. The van der Waals surface area contributed by atoms with Gasteiger partial charge in [-0.25, -0.2) is 24.9 Å². The van der Waals surface area contributed by atoms with Crippen LogP contribution in [0.3, 0.4) is 0 Å². The molecule has 2 N–H and O–H groups in total. The van der Waals surface area contributed by atoms with E-state index in [1.807, 2.05) is 30.3 Å². The molecule has 0 unspecified atom stereocenters. The highest BCUT2D eigenvalue weighted by atomic mass is 16.5. The normalized spacial score (nSPS) is 11.8. The molecule has 0 fully saturated rings. The molecule has 0 saturated carbocycles. The van der Waals surface area contributed by atoms with E-state index in [0.717, 1.165) is 35.0 Å². The van der Waals surface area contributed by atoms with Crippen molar-refractivity contribution < 1.29 is 18.7 Å². The molecule has 198 valence electrons. The highest BCUT2D eigenvalue weighted by Crippen LogP contribution is 2.31.